The first kappa shape index (κ1) is 24.6. The lowest BCUT2D eigenvalue weighted by molar-refractivity contribution is -0.120. The van der Waals surface area contributed by atoms with E-state index in [4.69, 9.17) is 23.2 Å². The number of anilines is 1. The standard InChI is InChI=1S/C26H30Cl2N4O2/c1-17(2)31-11-9-18(10-12-31)15-29-25(33)16-32(24-6-4-3-5-21(24)28)26(34)23-14-19-13-20(27)7-8-22(19)30-23/h3-8,13-14,17-18,30H,9-12,15-16H2,1-2H3,(H,29,33). The van der Waals surface area contributed by atoms with E-state index >= 15 is 0 Å². The number of nitrogens with zero attached hydrogens (tertiary/aromatic N) is 2. The second-order valence-corrected chi connectivity index (χ2v) is 9.98. The third-order valence-corrected chi connectivity index (χ3v) is 7.03. The molecule has 2 amide bonds. The fourth-order valence-electron chi connectivity index (χ4n) is 4.43. The summed E-state index contributed by atoms with van der Waals surface area (Å²) >= 11 is 12.5. The summed E-state index contributed by atoms with van der Waals surface area (Å²) in [4.78, 5) is 33.4. The van der Waals surface area contributed by atoms with Gasteiger partial charge in [0, 0.05) is 28.5 Å². The minimum atomic E-state index is -0.333. The Bertz CT molecular complexity index is 1170. The topological polar surface area (TPSA) is 68.4 Å². The van der Waals surface area contributed by atoms with E-state index in [1.165, 1.54) is 4.90 Å². The Kier molecular flexibility index (Phi) is 7.81. The molecular formula is C26H30Cl2N4O2. The van der Waals surface area contributed by atoms with E-state index in [0.717, 1.165) is 36.8 Å². The van der Waals surface area contributed by atoms with Crippen LogP contribution in [0.4, 0.5) is 5.69 Å². The Labute approximate surface area is 210 Å². The average molecular weight is 501 g/mol. The molecule has 0 aliphatic carbocycles. The van der Waals surface area contributed by atoms with Crippen LogP contribution in [0.1, 0.15) is 37.2 Å². The van der Waals surface area contributed by atoms with Crippen LogP contribution in [-0.4, -0.2) is 53.9 Å². The predicted molar refractivity (Wildman–Crippen MR) is 139 cm³/mol. The van der Waals surface area contributed by atoms with E-state index in [1.54, 1.807) is 42.5 Å². The quantitative estimate of drug-likeness (QED) is 0.458. The monoisotopic (exact) mass is 500 g/mol. The first-order chi connectivity index (χ1) is 16.3. The van der Waals surface area contributed by atoms with E-state index in [9.17, 15) is 9.59 Å². The zero-order valence-electron chi connectivity index (χ0n) is 19.5. The van der Waals surface area contributed by atoms with E-state index in [-0.39, 0.29) is 18.4 Å². The van der Waals surface area contributed by atoms with Crippen LogP contribution in [0, 0.1) is 5.92 Å². The van der Waals surface area contributed by atoms with Crippen LogP contribution < -0.4 is 10.2 Å². The van der Waals surface area contributed by atoms with Crippen LogP contribution in [0.5, 0.6) is 0 Å². The van der Waals surface area contributed by atoms with E-state index < -0.39 is 0 Å². The molecular weight excluding hydrogens is 471 g/mol. The minimum Gasteiger partial charge on any atom is -0.354 e. The van der Waals surface area contributed by atoms with Gasteiger partial charge >= 0.3 is 0 Å². The van der Waals surface area contributed by atoms with Gasteiger partial charge in [-0.25, -0.2) is 0 Å². The lowest BCUT2D eigenvalue weighted by atomic mass is 9.96. The van der Waals surface area contributed by atoms with Gasteiger partial charge in [-0.3, -0.25) is 14.5 Å². The van der Waals surface area contributed by atoms with Gasteiger partial charge in [0.15, 0.2) is 0 Å². The number of nitrogens with one attached hydrogen (secondary N) is 2. The molecule has 4 rings (SSSR count). The SMILES string of the molecule is CC(C)N1CCC(CNC(=O)CN(C(=O)c2cc3cc(Cl)ccc3[nH]2)c2ccccc2Cl)CC1. The number of aromatic nitrogens is 1. The van der Waals surface area contributed by atoms with Gasteiger partial charge in [0.1, 0.15) is 12.2 Å². The molecule has 0 unspecified atom stereocenters. The highest BCUT2D eigenvalue weighted by Crippen LogP contribution is 2.28. The number of piperidine rings is 1. The number of amides is 2. The van der Waals surface area contributed by atoms with Crippen LogP contribution in [-0.2, 0) is 4.79 Å². The molecule has 2 N–H and O–H groups in total. The van der Waals surface area contributed by atoms with Crippen molar-refractivity contribution in [1.82, 2.24) is 15.2 Å². The van der Waals surface area contributed by atoms with Crippen LogP contribution in [0.3, 0.4) is 0 Å². The van der Waals surface area contributed by atoms with Crippen molar-refractivity contribution in [2.45, 2.75) is 32.7 Å². The third-order valence-electron chi connectivity index (χ3n) is 6.47. The first-order valence-electron chi connectivity index (χ1n) is 11.7. The Morgan fingerprint density at radius 1 is 1.12 bits per heavy atom. The second kappa shape index (κ2) is 10.8. The number of hydrogen-bond acceptors (Lipinski definition) is 3. The van der Waals surface area contributed by atoms with Crippen molar-refractivity contribution in [3.8, 4) is 0 Å². The first-order valence-corrected chi connectivity index (χ1v) is 12.4. The molecule has 8 heteroatoms. The molecule has 6 nitrogen and oxygen atoms in total. The average Bonchev–Trinajstić information content (AvgIpc) is 3.25. The molecule has 1 fully saturated rings. The summed E-state index contributed by atoms with van der Waals surface area (Å²) in [5, 5.41) is 4.86. The number of aromatic amines is 1. The van der Waals surface area contributed by atoms with Gasteiger partial charge < -0.3 is 15.2 Å². The summed E-state index contributed by atoms with van der Waals surface area (Å²) in [6, 6.07) is 14.7. The van der Waals surface area contributed by atoms with Crippen molar-refractivity contribution in [3.05, 3.63) is 64.3 Å². The number of rotatable bonds is 7. The molecule has 1 saturated heterocycles. The summed E-state index contributed by atoms with van der Waals surface area (Å²) < 4.78 is 0. The number of carbonyl (C=O) groups is 2. The highest BCUT2D eigenvalue weighted by molar-refractivity contribution is 6.34. The second-order valence-electron chi connectivity index (χ2n) is 9.13. The van der Waals surface area contributed by atoms with Crippen LogP contribution >= 0.6 is 23.2 Å². The molecule has 180 valence electrons. The molecule has 3 aromatic rings. The zero-order chi connectivity index (χ0) is 24.2. The Hall–Kier alpha value is -2.54. The minimum absolute atomic E-state index is 0.122. The highest BCUT2D eigenvalue weighted by Gasteiger charge is 2.25. The largest absolute Gasteiger partial charge is 0.354 e. The summed E-state index contributed by atoms with van der Waals surface area (Å²) in [5.41, 5.74) is 1.65. The maximum Gasteiger partial charge on any atom is 0.275 e. The molecule has 1 aliphatic rings. The lowest BCUT2D eigenvalue weighted by Crippen LogP contribution is -2.44. The third kappa shape index (κ3) is 5.74. The molecule has 0 atom stereocenters. The fraction of sp³-hybridized carbons (Fsp3) is 0.385. The van der Waals surface area contributed by atoms with Crippen LogP contribution in [0.25, 0.3) is 10.9 Å². The van der Waals surface area contributed by atoms with Crippen molar-refractivity contribution in [2.75, 3.05) is 31.1 Å². The molecule has 1 aromatic heterocycles. The molecule has 0 saturated carbocycles. The van der Waals surface area contributed by atoms with Gasteiger partial charge in [-0.15, -0.1) is 0 Å². The number of carbonyl (C=O) groups excluding carboxylic acids is 2. The smallest absolute Gasteiger partial charge is 0.275 e. The number of likely N-dealkylation sites (tertiary alicyclic amines) is 1. The Morgan fingerprint density at radius 2 is 1.85 bits per heavy atom. The number of fused-ring (bicyclic) bond motifs is 1. The normalized spacial score (nSPS) is 15.1. The molecule has 2 aromatic carbocycles. The van der Waals surface area contributed by atoms with Gasteiger partial charge in [-0.2, -0.15) is 0 Å². The lowest BCUT2D eigenvalue weighted by Gasteiger charge is -2.34. The summed E-state index contributed by atoms with van der Waals surface area (Å²) in [7, 11) is 0. The molecule has 1 aliphatic heterocycles. The number of H-pyrrole nitrogens is 1. The van der Waals surface area contributed by atoms with E-state index in [1.807, 2.05) is 6.07 Å². The van der Waals surface area contributed by atoms with Crippen molar-refractivity contribution in [1.29, 1.82) is 0 Å². The van der Waals surface area contributed by atoms with E-state index in [0.29, 0.717) is 39.9 Å². The molecule has 0 bridgehead atoms. The zero-order valence-corrected chi connectivity index (χ0v) is 21.0. The maximum absolute atomic E-state index is 13.5. The molecule has 0 radical (unpaired) electrons. The maximum atomic E-state index is 13.5. The van der Waals surface area contributed by atoms with Gasteiger partial charge in [0.25, 0.3) is 5.91 Å². The van der Waals surface area contributed by atoms with E-state index in [2.05, 4.69) is 29.0 Å². The molecule has 2 heterocycles. The molecule has 34 heavy (non-hydrogen) atoms. The highest BCUT2D eigenvalue weighted by atomic mass is 35.5. The fourth-order valence-corrected chi connectivity index (χ4v) is 4.85. The summed E-state index contributed by atoms with van der Waals surface area (Å²) in [5.74, 6) is -0.0959. The van der Waals surface area contributed by atoms with Gasteiger partial charge in [0.2, 0.25) is 5.91 Å². The Morgan fingerprint density at radius 3 is 2.56 bits per heavy atom. The predicted octanol–water partition coefficient (Wildman–Crippen LogP) is 5.36. The molecule has 0 spiro atoms. The van der Waals surface area contributed by atoms with Gasteiger partial charge in [0.05, 0.1) is 10.7 Å². The number of halogens is 2. The number of para-hydroxylation sites is 1. The van der Waals surface area contributed by atoms with Crippen molar-refractivity contribution < 1.29 is 9.59 Å². The van der Waals surface area contributed by atoms with Crippen molar-refractivity contribution in [2.24, 2.45) is 5.92 Å². The number of hydrogen-bond donors (Lipinski definition) is 2. The van der Waals surface area contributed by atoms with Gasteiger partial charge in [-0.1, -0.05) is 35.3 Å². The Balaban J connectivity index is 1.47. The summed E-state index contributed by atoms with van der Waals surface area (Å²) in [6.07, 6.45) is 2.12. The number of benzene rings is 2. The van der Waals surface area contributed by atoms with Crippen molar-refractivity contribution in [3.63, 3.8) is 0 Å². The van der Waals surface area contributed by atoms with Gasteiger partial charge in [-0.05, 0) is 82.1 Å². The van der Waals surface area contributed by atoms with Crippen LogP contribution in [0.2, 0.25) is 10.0 Å². The van der Waals surface area contributed by atoms with Crippen molar-refractivity contribution >= 4 is 51.6 Å². The summed E-state index contributed by atoms with van der Waals surface area (Å²) in [6.45, 7) is 7.01. The van der Waals surface area contributed by atoms with Crippen LogP contribution in [0.15, 0.2) is 48.5 Å².